The Bertz CT molecular complexity index is 862. The minimum absolute atomic E-state index is 0.00932. The van der Waals surface area contributed by atoms with Gasteiger partial charge in [-0.2, -0.15) is 4.31 Å². The van der Waals surface area contributed by atoms with Crippen LogP contribution in [-0.4, -0.2) is 62.8 Å². The van der Waals surface area contributed by atoms with Gasteiger partial charge in [0.15, 0.2) is 11.6 Å². The maximum atomic E-state index is 13.5. The number of amides is 1. The number of sulfonamides is 1. The van der Waals surface area contributed by atoms with Gasteiger partial charge in [-0.3, -0.25) is 4.79 Å². The second-order valence-corrected chi connectivity index (χ2v) is 10.6. The third kappa shape index (κ3) is 4.84. The Hall–Kier alpha value is -1.58. The standard InChI is InChI=1S/C21H31F2N3O3S/c1-25(2)21(10-4-3-5-11-21)15-24-20(27)16-8-12-26(13-9-16)30(28,29)17-6-7-18(22)19(23)14-17/h6-7,14,16H,3-5,8-13,15H2,1-2H3,(H,24,27). The summed E-state index contributed by atoms with van der Waals surface area (Å²) in [6.45, 7) is 0.961. The molecule has 1 saturated heterocycles. The number of hydrogen-bond donors (Lipinski definition) is 1. The molecule has 0 spiro atoms. The van der Waals surface area contributed by atoms with Crippen molar-refractivity contribution in [3.63, 3.8) is 0 Å². The Morgan fingerprint density at radius 1 is 1.13 bits per heavy atom. The van der Waals surface area contributed by atoms with Gasteiger partial charge in [-0.25, -0.2) is 17.2 Å². The molecule has 1 amide bonds. The normalized spacial score (nSPS) is 21.0. The summed E-state index contributed by atoms with van der Waals surface area (Å²) < 4.78 is 53.2. The van der Waals surface area contributed by atoms with Crippen LogP contribution in [-0.2, 0) is 14.8 Å². The zero-order valence-electron chi connectivity index (χ0n) is 17.7. The minimum Gasteiger partial charge on any atom is -0.354 e. The number of halogens is 2. The number of piperidine rings is 1. The Labute approximate surface area is 177 Å². The monoisotopic (exact) mass is 443 g/mol. The largest absolute Gasteiger partial charge is 0.354 e. The van der Waals surface area contributed by atoms with Crippen LogP contribution in [0.4, 0.5) is 8.78 Å². The molecule has 1 aromatic rings. The third-order valence-corrected chi connectivity index (χ3v) is 8.57. The fraction of sp³-hybridized carbons (Fsp3) is 0.667. The molecule has 0 atom stereocenters. The van der Waals surface area contributed by atoms with Crippen LogP contribution in [0.3, 0.4) is 0 Å². The van der Waals surface area contributed by atoms with Crippen molar-refractivity contribution in [3.8, 4) is 0 Å². The summed E-state index contributed by atoms with van der Waals surface area (Å²) in [5, 5.41) is 3.10. The van der Waals surface area contributed by atoms with Crippen LogP contribution in [0.5, 0.6) is 0 Å². The van der Waals surface area contributed by atoms with Crippen molar-refractivity contribution in [1.29, 1.82) is 0 Å². The molecule has 0 unspecified atom stereocenters. The summed E-state index contributed by atoms with van der Waals surface area (Å²) in [4.78, 5) is 14.7. The lowest BCUT2D eigenvalue weighted by atomic mass is 9.80. The second-order valence-electron chi connectivity index (χ2n) is 8.65. The average molecular weight is 444 g/mol. The molecule has 1 aliphatic carbocycles. The molecule has 1 heterocycles. The van der Waals surface area contributed by atoms with Crippen LogP contribution in [0.25, 0.3) is 0 Å². The van der Waals surface area contributed by atoms with E-state index in [1.54, 1.807) is 0 Å². The Morgan fingerprint density at radius 3 is 2.33 bits per heavy atom. The molecule has 2 aliphatic rings. The zero-order valence-corrected chi connectivity index (χ0v) is 18.5. The molecule has 3 rings (SSSR count). The van der Waals surface area contributed by atoms with E-state index in [1.807, 2.05) is 0 Å². The molecule has 1 N–H and O–H groups in total. The van der Waals surface area contributed by atoms with Gasteiger partial charge in [-0.1, -0.05) is 19.3 Å². The van der Waals surface area contributed by atoms with Crippen LogP contribution in [0, 0.1) is 17.6 Å². The van der Waals surface area contributed by atoms with E-state index < -0.39 is 21.7 Å². The molecule has 0 aromatic heterocycles. The highest BCUT2D eigenvalue weighted by atomic mass is 32.2. The minimum atomic E-state index is -3.91. The van der Waals surface area contributed by atoms with Crippen LogP contribution in [0.1, 0.15) is 44.9 Å². The first-order valence-electron chi connectivity index (χ1n) is 10.6. The molecule has 168 valence electrons. The SMILES string of the molecule is CN(C)C1(CNC(=O)C2CCN(S(=O)(=O)c3ccc(F)c(F)c3)CC2)CCCCC1. The van der Waals surface area contributed by atoms with Crippen LogP contribution >= 0.6 is 0 Å². The van der Waals surface area contributed by atoms with Crippen molar-refractivity contribution in [2.75, 3.05) is 33.7 Å². The summed E-state index contributed by atoms with van der Waals surface area (Å²) in [7, 11) is 0.197. The highest BCUT2D eigenvalue weighted by molar-refractivity contribution is 7.89. The topological polar surface area (TPSA) is 69.7 Å². The summed E-state index contributed by atoms with van der Waals surface area (Å²) in [5.41, 5.74) is -0.00932. The summed E-state index contributed by atoms with van der Waals surface area (Å²) in [6, 6.07) is 2.58. The van der Waals surface area contributed by atoms with Crippen molar-refractivity contribution < 1.29 is 22.0 Å². The van der Waals surface area contributed by atoms with Gasteiger partial charge in [0.2, 0.25) is 15.9 Å². The molecule has 1 aliphatic heterocycles. The molecular formula is C21H31F2N3O3S. The summed E-state index contributed by atoms with van der Waals surface area (Å²) in [5.74, 6) is -2.56. The predicted molar refractivity (Wildman–Crippen MR) is 110 cm³/mol. The van der Waals surface area contributed by atoms with Gasteiger partial charge in [0, 0.05) is 31.1 Å². The maximum Gasteiger partial charge on any atom is 0.243 e. The van der Waals surface area contributed by atoms with Crippen LogP contribution < -0.4 is 5.32 Å². The summed E-state index contributed by atoms with van der Waals surface area (Å²) >= 11 is 0. The van der Waals surface area contributed by atoms with E-state index in [0.717, 1.165) is 37.8 Å². The summed E-state index contributed by atoms with van der Waals surface area (Å²) in [6.07, 6.45) is 6.49. The number of rotatable bonds is 6. The first kappa shape index (κ1) is 23.1. The first-order chi connectivity index (χ1) is 14.2. The average Bonchev–Trinajstić information content (AvgIpc) is 2.74. The van der Waals surface area contributed by atoms with E-state index in [9.17, 15) is 22.0 Å². The van der Waals surface area contributed by atoms with E-state index in [-0.39, 0.29) is 35.3 Å². The first-order valence-corrected chi connectivity index (χ1v) is 12.0. The molecule has 1 saturated carbocycles. The van der Waals surface area contributed by atoms with Gasteiger partial charge in [0.1, 0.15) is 0 Å². The van der Waals surface area contributed by atoms with Crippen molar-refractivity contribution in [2.24, 2.45) is 5.92 Å². The van der Waals surface area contributed by atoms with E-state index in [1.165, 1.54) is 10.7 Å². The number of hydrogen-bond acceptors (Lipinski definition) is 4. The number of nitrogens with one attached hydrogen (secondary N) is 1. The Morgan fingerprint density at radius 2 is 1.77 bits per heavy atom. The van der Waals surface area contributed by atoms with Crippen molar-refractivity contribution in [2.45, 2.75) is 55.4 Å². The van der Waals surface area contributed by atoms with E-state index >= 15 is 0 Å². The van der Waals surface area contributed by atoms with Gasteiger partial charge in [-0.05, 0) is 58.0 Å². The van der Waals surface area contributed by atoms with Crippen LogP contribution in [0.15, 0.2) is 23.1 Å². The van der Waals surface area contributed by atoms with Gasteiger partial charge >= 0.3 is 0 Å². The van der Waals surface area contributed by atoms with Crippen molar-refractivity contribution in [1.82, 2.24) is 14.5 Å². The lowest BCUT2D eigenvalue weighted by Gasteiger charge is -2.43. The Kier molecular flexibility index (Phi) is 7.14. The third-order valence-electron chi connectivity index (χ3n) is 6.68. The predicted octanol–water partition coefficient (Wildman–Crippen LogP) is 2.75. The lowest BCUT2D eigenvalue weighted by molar-refractivity contribution is -0.126. The van der Waals surface area contributed by atoms with Crippen LogP contribution in [0.2, 0.25) is 0 Å². The molecule has 2 fully saturated rings. The maximum absolute atomic E-state index is 13.5. The Balaban J connectivity index is 1.57. The fourth-order valence-electron chi connectivity index (χ4n) is 4.53. The highest BCUT2D eigenvalue weighted by Crippen LogP contribution is 2.32. The van der Waals surface area contributed by atoms with E-state index in [0.29, 0.717) is 25.5 Å². The molecule has 1 aromatic carbocycles. The number of likely N-dealkylation sites (N-methyl/N-ethyl adjacent to an activating group) is 1. The number of benzene rings is 1. The van der Waals surface area contributed by atoms with E-state index in [2.05, 4.69) is 24.3 Å². The van der Waals surface area contributed by atoms with Gasteiger partial charge in [0.25, 0.3) is 0 Å². The molecule has 9 heteroatoms. The second kappa shape index (κ2) is 9.28. The van der Waals surface area contributed by atoms with Gasteiger partial charge in [0.05, 0.1) is 4.90 Å². The van der Waals surface area contributed by atoms with Crippen molar-refractivity contribution in [3.05, 3.63) is 29.8 Å². The molecule has 6 nitrogen and oxygen atoms in total. The fourth-order valence-corrected chi connectivity index (χ4v) is 6.01. The van der Waals surface area contributed by atoms with Gasteiger partial charge < -0.3 is 10.2 Å². The highest BCUT2D eigenvalue weighted by Gasteiger charge is 2.36. The molecule has 30 heavy (non-hydrogen) atoms. The smallest absolute Gasteiger partial charge is 0.243 e. The molecule has 0 bridgehead atoms. The molecular weight excluding hydrogens is 412 g/mol. The molecule has 0 radical (unpaired) electrons. The quantitative estimate of drug-likeness (QED) is 0.734. The lowest BCUT2D eigenvalue weighted by Crippen LogP contribution is -2.55. The number of nitrogens with zero attached hydrogens (tertiary/aromatic N) is 2. The number of carbonyl (C=O) groups is 1. The number of carbonyl (C=O) groups excluding carboxylic acids is 1. The van der Waals surface area contributed by atoms with E-state index in [4.69, 9.17) is 0 Å². The van der Waals surface area contributed by atoms with Crippen molar-refractivity contribution >= 4 is 15.9 Å². The van der Waals surface area contributed by atoms with Gasteiger partial charge in [-0.15, -0.1) is 0 Å². The zero-order chi connectivity index (χ0) is 21.9.